The van der Waals surface area contributed by atoms with Crippen LogP contribution in [0.25, 0.3) is 10.9 Å². The van der Waals surface area contributed by atoms with E-state index in [2.05, 4.69) is 15.9 Å². The van der Waals surface area contributed by atoms with Gasteiger partial charge in [0.1, 0.15) is 11.6 Å². The van der Waals surface area contributed by atoms with Gasteiger partial charge in [-0.1, -0.05) is 15.9 Å². The third kappa shape index (κ3) is 2.27. The normalized spacial score (nSPS) is 12.8. The number of hydrogen-bond donors (Lipinski definition) is 0. The zero-order valence-electron chi connectivity index (χ0n) is 12.0. The summed E-state index contributed by atoms with van der Waals surface area (Å²) in [5.41, 5.74) is 0.691. The van der Waals surface area contributed by atoms with Gasteiger partial charge >= 0.3 is 0 Å². The van der Waals surface area contributed by atoms with Crippen molar-refractivity contribution in [3.05, 3.63) is 68.4 Å². The maximum atomic E-state index is 14.0. The Balaban J connectivity index is 2.29. The molecule has 1 heterocycles. The molecule has 0 saturated heterocycles. The van der Waals surface area contributed by atoms with Gasteiger partial charge in [-0.2, -0.15) is 0 Å². The van der Waals surface area contributed by atoms with Crippen molar-refractivity contribution >= 4 is 26.8 Å². The van der Waals surface area contributed by atoms with Crippen molar-refractivity contribution in [2.45, 2.75) is 13.0 Å². The minimum Gasteiger partial charge on any atom is -0.275 e. The summed E-state index contributed by atoms with van der Waals surface area (Å²) >= 11 is 3.37. The minimum atomic E-state index is -0.528. The van der Waals surface area contributed by atoms with Gasteiger partial charge in [0.15, 0.2) is 0 Å². The number of fused-ring (bicyclic) bond motifs is 1. The van der Waals surface area contributed by atoms with Gasteiger partial charge in [-0.05, 0) is 43.3 Å². The van der Waals surface area contributed by atoms with E-state index in [4.69, 9.17) is 0 Å². The lowest BCUT2D eigenvalue weighted by Crippen LogP contribution is -2.22. The van der Waals surface area contributed by atoms with Crippen molar-refractivity contribution in [1.29, 1.82) is 0 Å². The molecule has 1 unspecified atom stereocenters. The van der Waals surface area contributed by atoms with Crippen LogP contribution in [0.4, 0.5) is 8.78 Å². The van der Waals surface area contributed by atoms with E-state index < -0.39 is 17.7 Å². The van der Waals surface area contributed by atoms with E-state index in [0.717, 1.165) is 22.7 Å². The van der Waals surface area contributed by atoms with Crippen LogP contribution in [0.15, 0.2) is 45.7 Å². The highest BCUT2D eigenvalue weighted by molar-refractivity contribution is 9.10. The second-order valence-electron chi connectivity index (χ2n) is 5.18. The Bertz CT molecular complexity index is 930. The standard InChI is InChI=1S/C16H13BrF2N2O/c1-9(13-8-11(18)4-6-14(13)19)21-15-7-10(17)3-5-12(15)16(22)20(21)2/h3-9H,1-2H3. The first-order chi connectivity index (χ1) is 10.4. The summed E-state index contributed by atoms with van der Waals surface area (Å²) in [5, 5.41) is 0.536. The van der Waals surface area contributed by atoms with Gasteiger partial charge in [0, 0.05) is 17.1 Å². The third-order valence-electron chi connectivity index (χ3n) is 3.83. The molecule has 3 nitrogen and oxygen atoms in total. The molecule has 3 rings (SSSR count). The van der Waals surface area contributed by atoms with Crippen molar-refractivity contribution in [3.63, 3.8) is 0 Å². The molecule has 3 aromatic rings. The molecule has 114 valence electrons. The fourth-order valence-electron chi connectivity index (χ4n) is 2.74. The van der Waals surface area contributed by atoms with Crippen LogP contribution >= 0.6 is 15.9 Å². The Kier molecular flexibility index (Phi) is 3.64. The van der Waals surface area contributed by atoms with Gasteiger partial charge in [-0.15, -0.1) is 0 Å². The topological polar surface area (TPSA) is 26.9 Å². The Morgan fingerprint density at radius 2 is 1.86 bits per heavy atom. The molecule has 0 bridgehead atoms. The Morgan fingerprint density at radius 1 is 1.14 bits per heavy atom. The fourth-order valence-corrected chi connectivity index (χ4v) is 3.09. The maximum absolute atomic E-state index is 14.0. The molecule has 6 heteroatoms. The highest BCUT2D eigenvalue weighted by Gasteiger charge is 2.20. The molecule has 0 saturated carbocycles. The summed E-state index contributed by atoms with van der Waals surface area (Å²) < 4.78 is 31.4. The van der Waals surface area contributed by atoms with Crippen molar-refractivity contribution in [2.24, 2.45) is 7.05 Å². The molecule has 1 aromatic heterocycles. The van der Waals surface area contributed by atoms with Gasteiger partial charge < -0.3 is 0 Å². The number of hydrogen-bond acceptors (Lipinski definition) is 1. The van der Waals surface area contributed by atoms with Crippen molar-refractivity contribution in [2.75, 3.05) is 0 Å². The number of benzene rings is 2. The predicted molar refractivity (Wildman–Crippen MR) is 85.1 cm³/mol. The summed E-state index contributed by atoms with van der Waals surface area (Å²) in [6, 6.07) is 8.10. The largest absolute Gasteiger partial charge is 0.275 e. The average Bonchev–Trinajstić information content (AvgIpc) is 2.72. The predicted octanol–water partition coefficient (Wildman–Crippen LogP) is 3.99. The Labute approximate surface area is 133 Å². The summed E-state index contributed by atoms with van der Waals surface area (Å²) in [6.07, 6.45) is 0. The van der Waals surface area contributed by atoms with Crippen molar-refractivity contribution in [1.82, 2.24) is 9.36 Å². The smallest absolute Gasteiger partial charge is 0.274 e. The van der Waals surface area contributed by atoms with Crippen LogP contribution in [0.2, 0.25) is 0 Å². The van der Waals surface area contributed by atoms with Crippen LogP contribution in [-0.2, 0) is 7.05 Å². The lowest BCUT2D eigenvalue weighted by molar-refractivity contribution is 0.459. The molecular weight excluding hydrogens is 354 g/mol. The second-order valence-corrected chi connectivity index (χ2v) is 6.09. The lowest BCUT2D eigenvalue weighted by atomic mass is 10.1. The van der Waals surface area contributed by atoms with Crippen LogP contribution in [0.3, 0.4) is 0 Å². The minimum absolute atomic E-state index is 0.175. The van der Waals surface area contributed by atoms with Crippen molar-refractivity contribution < 1.29 is 8.78 Å². The van der Waals surface area contributed by atoms with Gasteiger partial charge in [0.25, 0.3) is 5.56 Å². The van der Waals surface area contributed by atoms with Crippen LogP contribution in [0.5, 0.6) is 0 Å². The molecule has 0 aliphatic carbocycles. The number of halogens is 3. The summed E-state index contributed by atoms with van der Waals surface area (Å²) in [6.45, 7) is 1.73. The summed E-state index contributed by atoms with van der Waals surface area (Å²) in [7, 11) is 1.62. The average molecular weight is 367 g/mol. The first-order valence-corrected chi connectivity index (χ1v) is 7.51. The molecule has 0 fully saturated rings. The summed E-state index contributed by atoms with van der Waals surface area (Å²) in [4.78, 5) is 12.3. The highest BCUT2D eigenvalue weighted by Crippen LogP contribution is 2.26. The van der Waals surface area contributed by atoms with Crippen molar-refractivity contribution in [3.8, 4) is 0 Å². The van der Waals surface area contributed by atoms with Crippen LogP contribution < -0.4 is 5.56 Å². The second kappa shape index (κ2) is 5.35. The molecule has 1 atom stereocenters. The van der Waals surface area contributed by atoms with E-state index in [9.17, 15) is 13.6 Å². The van der Waals surface area contributed by atoms with Gasteiger partial charge in [-0.25, -0.2) is 8.78 Å². The van der Waals surface area contributed by atoms with Gasteiger partial charge in [0.05, 0.1) is 16.9 Å². The molecule has 2 aromatic carbocycles. The maximum Gasteiger partial charge on any atom is 0.274 e. The highest BCUT2D eigenvalue weighted by atomic mass is 79.9. The number of nitrogens with zero attached hydrogens (tertiary/aromatic N) is 2. The Morgan fingerprint density at radius 3 is 2.59 bits per heavy atom. The molecular formula is C16H13BrF2N2O. The van der Waals surface area contributed by atoms with Crippen LogP contribution in [0, 0.1) is 11.6 Å². The quantitative estimate of drug-likeness (QED) is 0.673. The first-order valence-electron chi connectivity index (χ1n) is 6.72. The van der Waals surface area contributed by atoms with E-state index in [-0.39, 0.29) is 11.1 Å². The lowest BCUT2D eigenvalue weighted by Gasteiger charge is -2.19. The molecule has 0 radical (unpaired) electrons. The van der Waals surface area contributed by atoms with Crippen LogP contribution in [-0.4, -0.2) is 9.36 Å². The monoisotopic (exact) mass is 366 g/mol. The van der Waals surface area contributed by atoms with E-state index in [1.807, 2.05) is 0 Å². The zero-order valence-corrected chi connectivity index (χ0v) is 13.6. The van der Waals surface area contributed by atoms with E-state index in [0.29, 0.717) is 10.9 Å². The van der Waals surface area contributed by atoms with Crippen LogP contribution in [0.1, 0.15) is 18.5 Å². The molecule has 0 N–H and O–H groups in total. The fraction of sp³-hybridized carbons (Fsp3) is 0.188. The number of aromatic nitrogens is 2. The van der Waals surface area contributed by atoms with E-state index in [1.165, 1.54) is 4.68 Å². The molecule has 0 spiro atoms. The van der Waals surface area contributed by atoms with E-state index in [1.54, 1.807) is 36.9 Å². The number of rotatable bonds is 2. The molecule has 0 aliphatic rings. The third-order valence-corrected chi connectivity index (χ3v) is 4.32. The first kappa shape index (κ1) is 15.0. The zero-order chi connectivity index (χ0) is 16.0. The SMILES string of the molecule is CC(c1cc(F)ccc1F)n1c2cc(Br)ccc2c(=O)n1C. The molecule has 0 amide bonds. The molecule has 22 heavy (non-hydrogen) atoms. The summed E-state index contributed by atoms with van der Waals surface area (Å²) in [5.74, 6) is -1.01. The Hall–Kier alpha value is -1.95. The van der Waals surface area contributed by atoms with Gasteiger partial charge in [-0.3, -0.25) is 14.2 Å². The van der Waals surface area contributed by atoms with Gasteiger partial charge in [0.2, 0.25) is 0 Å². The molecule has 0 aliphatic heterocycles. The van der Waals surface area contributed by atoms with E-state index >= 15 is 0 Å².